The highest BCUT2D eigenvalue weighted by Gasteiger charge is 2.19. The zero-order valence-electron chi connectivity index (χ0n) is 19.4. The lowest BCUT2D eigenvalue weighted by Crippen LogP contribution is -2.21. The number of carbonyl (C=O) groups is 3. The van der Waals surface area contributed by atoms with Gasteiger partial charge < -0.3 is 14.8 Å². The molecule has 1 heterocycles. The van der Waals surface area contributed by atoms with E-state index in [9.17, 15) is 14.4 Å². The van der Waals surface area contributed by atoms with E-state index in [4.69, 9.17) is 9.47 Å². The molecule has 170 valence electrons. The molecule has 2 aromatic rings. The van der Waals surface area contributed by atoms with Gasteiger partial charge in [-0.1, -0.05) is 58.0 Å². The average molecular weight is 431 g/mol. The van der Waals surface area contributed by atoms with Crippen molar-refractivity contribution in [1.82, 2.24) is 4.98 Å². The number of carbonyl (C=O) groups excluding carboxylic acids is 3. The molecule has 0 unspecified atom stereocenters. The first kappa shape index (κ1) is 27.8. The number of rotatable bonds is 8. The van der Waals surface area contributed by atoms with Gasteiger partial charge in [-0.25, -0.2) is 9.78 Å². The van der Waals surface area contributed by atoms with E-state index in [1.54, 1.807) is 26.1 Å². The lowest BCUT2D eigenvalue weighted by Gasteiger charge is -2.12. The van der Waals surface area contributed by atoms with Crippen LogP contribution in [0.15, 0.2) is 42.6 Å². The van der Waals surface area contributed by atoms with Gasteiger partial charge >= 0.3 is 11.9 Å². The summed E-state index contributed by atoms with van der Waals surface area (Å²) in [6.45, 7) is 11.7. The van der Waals surface area contributed by atoms with E-state index >= 15 is 0 Å². The van der Waals surface area contributed by atoms with Gasteiger partial charge in [0.1, 0.15) is 6.42 Å². The topological polar surface area (TPSA) is 94.6 Å². The molecule has 0 bridgehead atoms. The summed E-state index contributed by atoms with van der Waals surface area (Å²) in [5, 5.41) is 2.56. The molecule has 1 amide bonds. The van der Waals surface area contributed by atoms with E-state index in [0.717, 1.165) is 11.1 Å². The molecule has 0 radical (unpaired) electrons. The third-order valence-electron chi connectivity index (χ3n) is 3.55. The van der Waals surface area contributed by atoms with Crippen molar-refractivity contribution in [3.63, 3.8) is 0 Å². The highest BCUT2D eigenvalue weighted by molar-refractivity contribution is 6.05. The van der Waals surface area contributed by atoms with Gasteiger partial charge in [0.05, 0.1) is 18.9 Å². The standard InChI is InChI=1S/C20H22N2O5.2C2H6/c1-3-26-18(24)12-17(23)22-16-11-15(10-14-8-6-5-7-9-14)13-21-19(16)20(25)27-4-2;2*1-2/h5-9,11,13H,3-4,10,12H2,1-2H3,(H,22,23);2*1-2H3. The molecule has 1 aromatic carbocycles. The first-order valence-electron chi connectivity index (χ1n) is 10.7. The predicted molar refractivity (Wildman–Crippen MR) is 122 cm³/mol. The first-order chi connectivity index (χ1) is 15.0. The largest absolute Gasteiger partial charge is 0.466 e. The Hall–Kier alpha value is -3.22. The molecule has 0 spiro atoms. The number of esters is 2. The maximum absolute atomic E-state index is 12.1. The molecule has 7 heteroatoms. The number of ether oxygens (including phenoxy) is 2. The summed E-state index contributed by atoms with van der Waals surface area (Å²) in [4.78, 5) is 39.9. The summed E-state index contributed by atoms with van der Waals surface area (Å²) in [6.07, 6.45) is 1.71. The molecule has 31 heavy (non-hydrogen) atoms. The minimum atomic E-state index is -0.643. The van der Waals surface area contributed by atoms with Crippen LogP contribution < -0.4 is 5.32 Å². The zero-order chi connectivity index (χ0) is 23.6. The Bertz CT molecular complexity index is 807. The molecular formula is C24H34N2O5. The third kappa shape index (κ3) is 10.4. The van der Waals surface area contributed by atoms with E-state index < -0.39 is 24.3 Å². The van der Waals surface area contributed by atoms with E-state index in [-0.39, 0.29) is 24.6 Å². The second-order valence-corrected chi connectivity index (χ2v) is 5.65. The van der Waals surface area contributed by atoms with Crippen molar-refractivity contribution >= 4 is 23.5 Å². The van der Waals surface area contributed by atoms with Crippen molar-refractivity contribution in [3.8, 4) is 0 Å². The highest BCUT2D eigenvalue weighted by atomic mass is 16.5. The van der Waals surface area contributed by atoms with Gasteiger partial charge in [-0.2, -0.15) is 0 Å². The van der Waals surface area contributed by atoms with Gasteiger partial charge in [-0.3, -0.25) is 9.59 Å². The smallest absolute Gasteiger partial charge is 0.359 e. The van der Waals surface area contributed by atoms with Gasteiger partial charge in [0, 0.05) is 6.20 Å². The normalized spacial score (nSPS) is 9.23. The number of benzene rings is 1. The van der Waals surface area contributed by atoms with E-state index in [1.807, 2.05) is 58.0 Å². The van der Waals surface area contributed by atoms with Crippen LogP contribution in [-0.4, -0.2) is 36.0 Å². The van der Waals surface area contributed by atoms with Crippen LogP contribution in [0.4, 0.5) is 5.69 Å². The number of anilines is 1. The molecule has 0 saturated heterocycles. The molecule has 0 aliphatic rings. The molecule has 1 N–H and O–H groups in total. The number of hydrogen-bond acceptors (Lipinski definition) is 6. The highest BCUT2D eigenvalue weighted by Crippen LogP contribution is 2.19. The number of hydrogen-bond donors (Lipinski definition) is 1. The van der Waals surface area contributed by atoms with Gasteiger partial charge in [0.15, 0.2) is 5.69 Å². The number of pyridine rings is 1. The van der Waals surface area contributed by atoms with Crippen molar-refractivity contribution in [3.05, 3.63) is 59.4 Å². The van der Waals surface area contributed by atoms with Gasteiger partial charge in [-0.15, -0.1) is 0 Å². The Labute approximate surface area is 185 Å². The Morgan fingerprint density at radius 1 is 0.903 bits per heavy atom. The molecule has 1 aromatic heterocycles. The lowest BCUT2D eigenvalue weighted by atomic mass is 10.1. The van der Waals surface area contributed by atoms with Crippen molar-refractivity contribution in [2.45, 2.75) is 54.4 Å². The Morgan fingerprint density at radius 3 is 2.10 bits per heavy atom. The molecular weight excluding hydrogens is 396 g/mol. The maximum Gasteiger partial charge on any atom is 0.359 e. The number of aromatic nitrogens is 1. The summed E-state index contributed by atoms with van der Waals surface area (Å²) in [5.74, 6) is -1.87. The van der Waals surface area contributed by atoms with Crippen molar-refractivity contribution in [1.29, 1.82) is 0 Å². The SMILES string of the molecule is CC.CC.CCOC(=O)CC(=O)Nc1cc(Cc2ccccc2)cnc1C(=O)OCC. The second kappa shape index (κ2) is 16.6. The van der Waals surface area contributed by atoms with Crippen LogP contribution >= 0.6 is 0 Å². The summed E-state index contributed by atoms with van der Waals surface area (Å²) in [6, 6.07) is 11.4. The van der Waals surface area contributed by atoms with Crippen LogP contribution in [0, 0.1) is 0 Å². The third-order valence-corrected chi connectivity index (χ3v) is 3.55. The van der Waals surface area contributed by atoms with Crippen LogP contribution in [0.3, 0.4) is 0 Å². The van der Waals surface area contributed by atoms with Crippen LogP contribution in [0.1, 0.15) is 69.6 Å². The zero-order valence-corrected chi connectivity index (χ0v) is 19.4. The van der Waals surface area contributed by atoms with Crippen LogP contribution in [-0.2, 0) is 25.5 Å². The molecule has 0 aliphatic heterocycles. The van der Waals surface area contributed by atoms with Crippen LogP contribution in [0.25, 0.3) is 0 Å². The number of nitrogens with zero attached hydrogens (tertiary/aromatic N) is 1. The lowest BCUT2D eigenvalue weighted by molar-refractivity contribution is -0.145. The molecule has 0 aliphatic carbocycles. The van der Waals surface area contributed by atoms with E-state index in [1.165, 1.54) is 0 Å². The number of nitrogens with one attached hydrogen (secondary N) is 1. The average Bonchev–Trinajstić information content (AvgIpc) is 2.77. The fraction of sp³-hybridized carbons (Fsp3) is 0.417. The van der Waals surface area contributed by atoms with Crippen molar-refractivity contribution in [2.24, 2.45) is 0 Å². The summed E-state index contributed by atoms with van der Waals surface area (Å²) in [7, 11) is 0. The van der Waals surface area contributed by atoms with Crippen molar-refractivity contribution < 1.29 is 23.9 Å². The summed E-state index contributed by atoms with van der Waals surface area (Å²) < 4.78 is 9.75. The fourth-order valence-corrected chi connectivity index (χ4v) is 2.43. The quantitative estimate of drug-likeness (QED) is 0.478. The Morgan fingerprint density at radius 2 is 1.52 bits per heavy atom. The van der Waals surface area contributed by atoms with E-state index in [2.05, 4.69) is 10.3 Å². The minimum Gasteiger partial charge on any atom is -0.466 e. The van der Waals surface area contributed by atoms with Crippen LogP contribution in [0.2, 0.25) is 0 Å². The molecule has 7 nitrogen and oxygen atoms in total. The second-order valence-electron chi connectivity index (χ2n) is 5.65. The number of amides is 1. The molecule has 0 saturated carbocycles. The Balaban J connectivity index is 0.00000212. The predicted octanol–water partition coefficient (Wildman–Crippen LogP) is 4.79. The Kier molecular flexibility index (Phi) is 14.8. The van der Waals surface area contributed by atoms with Crippen LogP contribution in [0.5, 0.6) is 0 Å². The van der Waals surface area contributed by atoms with Gasteiger partial charge in [0.25, 0.3) is 0 Å². The van der Waals surface area contributed by atoms with Crippen molar-refractivity contribution in [2.75, 3.05) is 18.5 Å². The van der Waals surface area contributed by atoms with Gasteiger partial charge in [-0.05, 0) is 37.5 Å². The van der Waals surface area contributed by atoms with Gasteiger partial charge in [0.2, 0.25) is 5.91 Å². The summed E-state index contributed by atoms with van der Waals surface area (Å²) >= 11 is 0. The summed E-state index contributed by atoms with van der Waals surface area (Å²) in [5.41, 5.74) is 2.06. The molecule has 2 rings (SSSR count). The monoisotopic (exact) mass is 430 g/mol. The minimum absolute atomic E-state index is 0.00845. The molecule has 0 fully saturated rings. The maximum atomic E-state index is 12.1. The van der Waals surface area contributed by atoms with E-state index in [0.29, 0.717) is 6.42 Å². The molecule has 0 atom stereocenters. The fourth-order valence-electron chi connectivity index (χ4n) is 2.43. The first-order valence-corrected chi connectivity index (χ1v) is 10.7.